The first-order chi connectivity index (χ1) is 20.8. The van der Waals surface area contributed by atoms with Crippen LogP contribution < -0.4 is 10.1 Å². The lowest BCUT2D eigenvalue weighted by atomic mass is 9.99. The number of hydrogen-bond acceptors (Lipinski definition) is 6. The molecule has 2 aliphatic rings. The number of fused-ring (bicyclic) bond motifs is 2. The molecule has 3 heterocycles. The summed E-state index contributed by atoms with van der Waals surface area (Å²) in [6.45, 7) is 7.47. The average molecular weight is 587 g/mol. The lowest BCUT2D eigenvalue weighted by Gasteiger charge is -2.36. The van der Waals surface area contributed by atoms with E-state index in [4.69, 9.17) is 9.72 Å². The molecular weight excluding hydrogens is 544 g/mol. The summed E-state index contributed by atoms with van der Waals surface area (Å²) in [5, 5.41) is 7.89. The standard InChI is InChI=1S/C33H42N6O4/c1-23-11-9-15-29(24(23)2)43-22-31(41)37-17-10-16-30(40)38-18-8-7-14-28(38)33(42)35-27(21-26-12-5-4-6-13-26)32-34-25(3)36-39(32)20-19-37/h4-6,9,11-13,15,27-28H,7-8,10,14,16-22H2,1-3H3,(H,35,42)/t27-,28+/m1/s1. The molecule has 0 bridgehead atoms. The minimum atomic E-state index is -0.524. The van der Waals surface area contributed by atoms with Crippen LogP contribution in [0.3, 0.4) is 0 Å². The van der Waals surface area contributed by atoms with Gasteiger partial charge in [-0.3, -0.25) is 14.4 Å². The van der Waals surface area contributed by atoms with Crippen LogP contribution in [0.1, 0.15) is 66.5 Å². The number of ether oxygens (including phenoxy) is 1. The van der Waals surface area contributed by atoms with Crippen molar-refractivity contribution in [2.45, 2.75) is 77.9 Å². The molecule has 10 nitrogen and oxygen atoms in total. The Morgan fingerprint density at radius 1 is 0.953 bits per heavy atom. The van der Waals surface area contributed by atoms with Gasteiger partial charge >= 0.3 is 0 Å². The molecule has 1 fully saturated rings. The number of aromatic nitrogens is 3. The molecule has 0 saturated carbocycles. The fourth-order valence-corrected chi connectivity index (χ4v) is 5.97. The minimum Gasteiger partial charge on any atom is -0.483 e. The monoisotopic (exact) mass is 586 g/mol. The molecule has 5 rings (SSSR count). The van der Waals surface area contributed by atoms with Crippen molar-refractivity contribution in [3.05, 3.63) is 76.9 Å². The Labute approximate surface area is 253 Å². The first-order valence-electron chi connectivity index (χ1n) is 15.3. The second kappa shape index (κ2) is 13.8. The van der Waals surface area contributed by atoms with E-state index < -0.39 is 12.1 Å². The van der Waals surface area contributed by atoms with E-state index in [1.54, 1.807) is 9.80 Å². The van der Waals surface area contributed by atoms with Crippen molar-refractivity contribution >= 4 is 17.7 Å². The number of nitrogens with zero attached hydrogens (tertiary/aromatic N) is 5. The topological polar surface area (TPSA) is 110 Å². The summed E-state index contributed by atoms with van der Waals surface area (Å²) in [4.78, 5) is 48.8. The molecule has 3 aromatic rings. The van der Waals surface area contributed by atoms with Gasteiger partial charge in [-0.15, -0.1) is 0 Å². The number of rotatable bonds is 5. The molecule has 1 saturated heterocycles. The maximum Gasteiger partial charge on any atom is 0.260 e. The second-order valence-electron chi connectivity index (χ2n) is 11.6. The molecular formula is C33H42N6O4. The van der Waals surface area contributed by atoms with Crippen LogP contribution in [-0.4, -0.2) is 74.6 Å². The molecule has 10 heteroatoms. The van der Waals surface area contributed by atoms with Gasteiger partial charge in [-0.05, 0) is 75.6 Å². The van der Waals surface area contributed by atoms with Gasteiger partial charge in [-0.25, -0.2) is 9.67 Å². The van der Waals surface area contributed by atoms with Gasteiger partial charge in [0.1, 0.15) is 23.4 Å². The number of piperidine rings is 1. The summed E-state index contributed by atoms with van der Waals surface area (Å²) in [6, 6.07) is 14.8. The third-order valence-electron chi connectivity index (χ3n) is 8.50. The highest BCUT2D eigenvalue weighted by atomic mass is 16.5. The highest BCUT2D eigenvalue weighted by Crippen LogP contribution is 2.24. The summed E-state index contributed by atoms with van der Waals surface area (Å²) in [5.41, 5.74) is 3.16. The van der Waals surface area contributed by atoms with E-state index in [0.717, 1.165) is 29.5 Å². The number of carbonyl (C=O) groups is 3. The zero-order chi connectivity index (χ0) is 30.3. The third-order valence-corrected chi connectivity index (χ3v) is 8.50. The summed E-state index contributed by atoms with van der Waals surface area (Å²) in [7, 11) is 0. The Morgan fingerprint density at radius 3 is 2.58 bits per heavy atom. The molecule has 3 amide bonds. The fraction of sp³-hybridized carbons (Fsp3) is 0.485. The molecule has 2 aliphatic heterocycles. The number of hydrogen-bond donors (Lipinski definition) is 1. The Morgan fingerprint density at radius 2 is 1.77 bits per heavy atom. The molecule has 228 valence electrons. The molecule has 1 aromatic heterocycles. The molecule has 1 N–H and O–H groups in total. The van der Waals surface area contributed by atoms with Gasteiger partial charge in [0.25, 0.3) is 5.91 Å². The Kier molecular flexibility index (Phi) is 9.74. The maximum atomic E-state index is 13.7. The molecule has 0 spiro atoms. The number of nitrogens with one attached hydrogen (secondary N) is 1. The van der Waals surface area contributed by atoms with Gasteiger partial charge in [-0.2, -0.15) is 5.10 Å². The third kappa shape index (κ3) is 7.42. The average Bonchev–Trinajstić information content (AvgIpc) is 3.39. The Bertz CT molecular complexity index is 1440. The summed E-state index contributed by atoms with van der Waals surface area (Å²) in [6.07, 6.45) is 3.69. The van der Waals surface area contributed by atoms with E-state index in [2.05, 4.69) is 10.4 Å². The molecule has 43 heavy (non-hydrogen) atoms. The predicted molar refractivity (Wildman–Crippen MR) is 162 cm³/mol. The van der Waals surface area contributed by atoms with Gasteiger partial charge in [0.05, 0.1) is 12.6 Å². The van der Waals surface area contributed by atoms with E-state index >= 15 is 0 Å². The van der Waals surface area contributed by atoms with E-state index in [0.29, 0.717) is 62.8 Å². The van der Waals surface area contributed by atoms with E-state index in [1.165, 1.54) is 0 Å². The van der Waals surface area contributed by atoms with Crippen LogP contribution in [0.15, 0.2) is 48.5 Å². The van der Waals surface area contributed by atoms with Crippen LogP contribution in [0.4, 0.5) is 0 Å². The smallest absolute Gasteiger partial charge is 0.260 e. The summed E-state index contributed by atoms with van der Waals surface area (Å²) in [5.74, 6) is 1.57. The lowest BCUT2D eigenvalue weighted by Crippen LogP contribution is -2.53. The van der Waals surface area contributed by atoms with Crippen molar-refractivity contribution in [2.24, 2.45) is 0 Å². The highest BCUT2D eigenvalue weighted by Gasteiger charge is 2.34. The number of benzene rings is 2. The molecule has 0 radical (unpaired) electrons. The first-order valence-corrected chi connectivity index (χ1v) is 15.3. The van der Waals surface area contributed by atoms with Crippen molar-refractivity contribution in [1.29, 1.82) is 0 Å². The number of aryl methyl sites for hydroxylation is 2. The van der Waals surface area contributed by atoms with Gasteiger partial charge in [0, 0.05) is 26.1 Å². The van der Waals surface area contributed by atoms with E-state index in [-0.39, 0.29) is 30.7 Å². The molecule has 0 aliphatic carbocycles. The second-order valence-corrected chi connectivity index (χ2v) is 11.6. The Hall–Kier alpha value is -4.21. The van der Waals surface area contributed by atoms with Crippen molar-refractivity contribution in [1.82, 2.24) is 29.9 Å². The predicted octanol–water partition coefficient (Wildman–Crippen LogP) is 3.69. The van der Waals surface area contributed by atoms with Crippen molar-refractivity contribution in [2.75, 3.05) is 26.2 Å². The van der Waals surface area contributed by atoms with Crippen LogP contribution in [0.5, 0.6) is 5.75 Å². The van der Waals surface area contributed by atoms with Gasteiger partial charge in [0.15, 0.2) is 6.61 Å². The van der Waals surface area contributed by atoms with Gasteiger partial charge in [-0.1, -0.05) is 42.5 Å². The molecule has 2 atom stereocenters. The summed E-state index contributed by atoms with van der Waals surface area (Å²) < 4.78 is 7.76. The zero-order valence-electron chi connectivity index (χ0n) is 25.4. The van der Waals surface area contributed by atoms with E-state index in [9.17, 15) is 14.4 Å². The van der Waals surface area contributed by atoms with Crippen molar-refractivity contribution in [3.63, 3.8) is 0 Å². The van der Waals surface area contributed by atoms with E-state index in [1.807, 2.05) is 74.0 Å². The maximum absolute atomic E-state index is 13.7. The van der Waals surface area contributed by atoms with Gasteiger partial charge in [0.2, 0.25) is 11.8 Å². The highest BCUT2D eigenvalue weighted by molar-refractivity contribution is 5.88. The van der Waals surface area contributed by atoms with Crippen molar-refractivity contribution < 1.29 is 19.1 Å². The lowest BCUT2D eigenvalue weighted by molar-refractivity contribution is -0.143. The fourth-order valence-electron chi connectivity index (χ4n) is 5.97. The molecule has 2 aromatic carbocycles. The largest absolute Gasteiger partial charge is 0.483 e. The van der Waals surface area contributed by atoms with Crippen LogP contribution in [-0.2, 0) is 27.3 Å². The Balaban J connectivity index is 1.42. The van der Waals surface area contributed by atoms with Crippen LogP contribution in [0.2, 0.25) is 0 Å². The minimum absolute atomic E-state index is 0.0467. The zero-order valence-corrected chi connectivity index (χ0v) is 25.4. The van der Waals surface area contributed by atoms with Gasteiger partial charge < -0.3 is 19.9 Å². The van der Waals surface area contributed by atoms with Crippen LogP contribution in [0, 0.1) is 20.8 Å². The van der Waals surface area contributed by atoms with Crippen LogP contribution >= 0.6 is 0 Å². The summed E-state index contributed by atoms with van der Waals surface area (Å²) >= 11 is 0. The normalized spacial score (nSPS) is 20.1. The quantitative estimate of drug-likeness (QED) is 0.489. The molecule has 0 unspecified atom stereocenters. The van der Waals surface area contributed by atoms with Crippen molar-refractivity contribution in [3.8, 4) is 5.75 Å². The number of amides is 3. The first kappa shape index (κ1) is 30.3. The van der Waals surface area contributed by atoms with Crippen LogP contribution in [0.25, 0.3) is 0 Å². The number of carbonyl (C=O) groups excluding carboxylic acids is 3. The SMILES string of the molecule is Cc1nc2n(n1)CCN(C(=O)COc1cccc(C)c1C)CCCC(=O)N1CCCC[C@H]1C(=O)N[C@@H]2Cc1ccccc1.